The van der Waals surface area contributed by atoms with Crippen LogP contribution >= 0.6 is 0 Å². The van der Waals surface area contributed by atoms with Crippen molar-refractivity contribution in [1.29, 1.82) is 0 Å². The van der Waals surface area contributed by atoms with Gasteiger partial charge in [-0.25, -0.2) is 0 Å². The monoisotopic (exact) mass is 337 g/mol. The third kappa shape index (κ3) is 2.91. The lowest BCUT2D eigenvalue weighted by Gasteiger charge is -2.36. The number of rotatable bonds is 2. The normalized spacial score (nSPS) is 17.7. The summed E-state index contributed by atoms with van der Waals surface area (Å²) in [5.41, 5.74) is 7.35. The van der Waals surface area contributed by atoms with Crippen LogP contribution in [0.2, 0.25) is 0 Å². The molecule has 1 aromatic heterocycles. The summed E-state index contributed by atoms with van der Waals surface area (Å²) in [5.74, 6) is 0.132. The van der Waals surface area contributed by atoms with Gasteiger partial charge in [0.2, 0.25) is 0 Å². The van der Waals surface area contributed by atoms with E-state index in [2.05, 4.69) is 0 Å². The maximum Gasteiger partial charge on any atom is 0.416 e. The third-order valence-corrected chi connectivity index (χ3v) is 4.47. The summed E-state index contributed by atoms with van der Waals surface area (Å²) in [6.45, 7) is 1.05. The minimum Gasteiger partial charge on any atom is -0.340 e. The number of pyridine rings is 1. The number of hydrogen-bond acceptors (Lipinski definition) is 3. The van der Waals surface area contributed by atoms with E-state index in [0.717, 1.165) is 23.5 Å². The third-order valence-electron chi connectivity index (χ3n) is 4.47. The van der Waals surface area contributed by atoms with Gasteiger partial charge in [-0.05, 0) is 49.2 Å². The molecule has 24 heavy (non-hydrogen) atoms. The van der Waals surface area contributed by atoms with Crippen molar-refractivity contribution >= 4 is 11.4 Å². The highest BCUT2D eigenvalue weighted by Crippen LogP contribution is 2.36. The van der Waals surface area contributed by atoms with Gasteiger partial charge in [0, 0.05) is 31.0 Å². The second-order valence-electron chi connectivity index (χ2n) is 6.02. The summed E-state index contributed by atoms with van der Waals surface area (Å²) in [5, 5.41) is 0. The standard InChI is InChI=1S/C17H18F3N3O/c1-22-15-8-11(9-21)10-23(14(15)6-7-16(22)24)13-4-2-12(3-5-13)17(18,19)20/h2-7,11H,8-10,21H2,1H3. The smallest absolute Gasteiger partial charge is 0.340 e. The highest BCUT2D eigenvalue weighted by atomic mass is 19.4. The van der Waals surface area contributed by atoms with E-state index in [1.165, 1.54) is 18.2 Å². The first-order valence-corrected chi connectivity index (χ1v) is 7.65. The first kappa shape index (κ1) is 16.6. The minimum absolute atomic E-state index is 0.112. The number of benzene rings is 1. The molecule has 0 fully saturated rings. The zero-order chi connectivity index (χ0) is 17.5. The van der Waals surface area contributed by atoms with Gasteiger partial charge in [0.1, 0.15) is 0 Å². The molecule has 1 aromatic carbocycles. The van der Waals surface area contributed by atoms with Gasteiger partial charge < -0.3 is 15.2 Å². The van der Waals surface area contributed by atoms with E-state index in [-0.39, 0.29) is 11.5 Å². The van der Waals surface area contributed by atoms with Crippen LogP contribution in [0.15, 0.2) is 41.2 Å². The predicted molar refractivity (Wildman–Crippen MR) is 86.4 cm³/mol. The fourth-order valence-electron chi connectivity index (χ4n) is 3.08. The number of nitrogens with zero attached hydrogens (tertiary/aromatic N) is 2. The van der Waals surface area contributed by atoms with E-state index in [1.807, 2.05) is 4.90 Å². The lowest BCUT2D eigenvalue weighted by molar-refractivity contribution is -0.137. The molecule has 3 rings (SSSR count). The van der Waals surface area contributed by atoms with Crippen LogP contribution in [0.25, 0.3) is 0 Å². The van der Waals surface area contributed by atoms with E-state index < -0.39 is 11.7 Å². The largest absolute Gasteiger partial charge is 0.416 e. The maximum atomic E-state index is 12.7. The van der Waals surface area contributed by atoms with Crippen LogP contribution in [0.5, 0.6) is 0 Å². The number of aromatic nitrogens is 1. The molecule has 0 saturated heterocycles. The summed E-state index contributed by atoms with van der Waals surface area (Å²) in [7, 11) is 1.70. The molecule has 0 aliphatic carbocycles. The molecule has 1 aliphatic rings. The molecule has 2 N–H and O–H groups in total. The van der Waals surface area contributed by atoms with Crippen molar-refractivity contribution in [2.75, 3.05) is 18.0 Å². The molecular weight excluding hydrogens is 319 g/mol. The molecule has 7 heteroatoms. The summed E-state index contributed by atoms with van der Waals surface area (Å²) < 4.78 is 39.8. The number of nitrogens with two attached hydrogens (primary N) is 1. The number of halogens is 3. The van der Waals surface area contributed by atoms with E-state index in [9.17, 15) is 18.0 Å². The van der Waals surface area contributed by atoms with Crippen molar-refractivity contribution in [2.45, 2.75) is 12.6 Å². The van der Waals surface area contributed by atoms with Crippen molar-refractivity contribution in [1.82, 2.24) is 4.57 Å². The van der Waals surface area contributed by atoms with E-state index in [0.29, 0.717) is 25.2 Å². The number of alkyl halides is 3. The van der Waals surface area contributed by atoms with E-state index >= 15 is 0 Å². The highest BCUT2D eigenvalue weighted by Gasteiger charge is 2.31. The fraction of sp³-hybridized carbons (Fsp3) is 0.353. The Morgan fingerprint density at radius 3 is 2.42 bits per heavy atom. The molecule has 2 aromatic rings. The number of anilines is 2. The van der Waals surface area contributed by atoms with E-state index in [1.54, 1.807) is 17.7 Å². The molecule has 0 radical (unpaired) electrons. The molecule has 4 nitrogen and oxygen atoms in total. The fourth-order valence-corrected chi connectivity index (χ4v) is 3.08. The average molecular weight is 337 g/mol. The molecular formula is C17H18F3N3O. The van der Waals surface area contributed by atoms with Gasteiger partial charge in [-0.15, -0.1) is 0 Å². The topological polar surface area (TPSA) is 51.3 Å². The van der Waals surface area contributed by atoms with Crippen molar-refractivity contribution in [3.63, 3.8) is 0 Å². The molecule has 128 valence electrons. The summed E-state index contributed by atoms with van der Waals surface area (Å²) in [6, 6.07) is 8.25. The van der Waals surface area contributed by atoms with Gasteiger partial charge in [0.25, 0.3) is 5.56 Å². The van der Waals surface area contributed by atoms with E-state index in [4.69, 9.17) is 5.73 Å². The quantitative estimate of drug-likeness (QED) is 0.917. The zero-order valence-corrected chi connectivity index (χ0v) is 13.2. The Hall–Kier alpha value is -2.28. The summed E-state index contributed by atoms with van der Waals surface area (Å²) >= 11 is 0. The molecule has 0 bridgehead atoms. The molecule has 1 atom stereocenters. The van der Waals surface area contributed by atoms with Gasteiger partial charge in [-0.2, -0.15) is 13.2 Å². The van der Waals surface area contributed by atoms with Crippen LogP contribution < -0.4 is 16.2 Å². The van der Waals surface area contributed by atoms with Gasteiger partial charge in [0.15, 0.2) is 0 Å². The zero-order valence-electron chi connectivity index (χ0n) is 13.2. The van der Waals surface area contributed by atoms with Gasteiger partial charge in [-0.1, -0.05) is 0 Å². The minimum atomic E-state index is -4.36. The lowest BCUT2D eigenvalue weighted by atomic mass is 9.95. The second kappa shape index (κ2) is 5.98. The maximum absolute atomic E-state index is 12.7. The molecule has 1 unspecified atom stereocenters. The van der Waals surface area contributed by atoms with Gasteiger partial charge >= 0.3 is 6.18 Å². The first-order valence-electron chi connectivity index (χ1n) is 7.65. The summed E-state index contributed by atoms with van der Waals surface area (Å²) in [6.07, 6.45) is -3.68. The van der Waals surface area contributed by atoms with Crippen molar-refractivity contribution in [2.24, 2.45) is 18.7 Å². The van der Waals surface area contributed by atoms with Crippen LogP contribution in [0.4, 0.5) is 24.5 Å². The second-order valence-corrected chi connectivity index (χ2v) is 6.02. The van der Waals surface area contributed by atoms with Gasteiger partial charge in [0.05, 0.1) is 11.3 Å². The molecule has 2 heterocycles. The number of hydrogen-bond donors (Lipinski definition) is 1. The van der Waals surface area contributed by atoms with Gasteiger partial charge in [-0.3, -0.25) is 4.79 Å². The Kier molecular flexibility index (Phi) is 4.13. The Morgan fingerprint density at radius 2 is 1.83 bits per heavy atom. The van der Waals surface area contributed by atoms with Crippen LogP contribution in [-0.2, 0) is 19.6 Å². The van der Waals surface area contributed by atoms with Crippen LogP contribution in [0.3, 0.4) is 0 Å². The Morgan fingerprint density at radius 1 is 1.17 bits per heavy atom. The lowest BCUT2D eigenvalue weighted by Crippen LogP contribution is -2.38. The predicted octanol–water partition coefficient (Wildman–Crippen LogP) is 2.67. The molecule has 0 amide bonds. The average Bonchev–Trinajstić information content (AvgIpc) is 2.56. The van der Waals surface area contributed by atoms with Crippen molar-refractivity contribution < 1.29 is 13.2 Å². The van der Waals surface area contributed by atoms with Crippen LogP contribution in [0, 0.1) is 5.92 Å². The Labute approximate surface area is 137 Å². The van der Waals surface area contributed by atoms with Crippen LogP contribution in [-0.4, -0.2) is 17.7 Å². The Bertz CT molecular complexity index is 796. The van der Waals surface area contributed by atoms with Crippen molar-refractivity contribution in [3.05, 3.63) is 58.0 Å². The van der Waals surface area contributed by atoms with Crippen molar-refractivity contribution in [3.8, 4) is 0 Å². The molecule has 0 saturated carbocycles. The molecule has 0 spiro atoms. The SMILES string of the molecule is Cn1c2c(ccc1=O)N(c1ccc(C(F)(F)F)cc1)CC(CN)C2. The Balaban J connectivity index is 2.05. The highest BCUT2D eigenvalue weighted by molar-refractivity contribution is 5.67. The van der Waals surface area contributed by atoms with Crippen LogP contribution in [0.1, 0.15) is 11.3 Å². The molecule has 1 aliphatic heterocycles. The summed E-state index contributed by atoms with van der Waals surface area (Å²) in [4.78, 5) is 13.8. The first-order chi connectivity index (χ1) is 11.3. The number of fused-ring (bicyclic) bond motifs is 1.